The van der Waals surface area contributed by atoms with E-state index < -0.39 is 25.0 Å². The van der Waals surface area contributed by atoms with Crippen molar-refractivity contribution in [1.82, 2.24) is 4.90 Å². The standard InChI is InChI=1S/C16H15ClN2O4S2/c17-14-6-8-15(9-7-14)25(22,23)18-16-19(10-11-24(16,20)21)12-13-4-2-1-3-5-13/h1-9H,10-12H2/b18-16+. The van der Waals surface area contributed by atoms with Crippen LogP contribution in [0.5, 0.6) is 0 Å². The molecule has 25 heavy (non-hydrogen) atoms. The molecule has 0 aromatic heterocycles. The normalized spacial score (nSPS) is 18.6. The van der Waals surface area contributed by atoms with Crippen molar-refractivity contribution in [2.75, 3.05) is 12.3 Å². The average molecular weight is 399 g/mol. The minimum atomic E-state index is -4.15. The first-order chi connectivity index (χ1) is 11.8. The van der Waals surface area contributed by atoms with Crippen LogP contribution in [0.25, 0.3) is 0 Å². The van der Waals surface area contributed by atoms with E-state index in [0.29, 0.717) is 5.02 Å². The van der Waals surface area contributed by atoms with E-state index in [2.05, 4.69) is 4.40 Å². The molecule has 6 nitrogen and oxygen atoms in total. The van der Waals surface area contributed by atoms with Gasteiger partial charge in [0.05, 0.1) is 10.6 Å². The topological polar surface area (TPSA) is 83.9 Å². The summed E-state index contributed by atoms with van der Waals surface area (Å²) < 4.78 is 53.1. The molecule has 3 rings (SSSR count). The van der Waals surface area contributed by atoms with E-state index in [1.807, 2.05) is 30.3 Å². The molecule has 0 atom stereocenters. The summed E-state index contributed by atoms with van der Waals surface area (Å²) in [5.74, 6) is -0.158. The van der Waals surface area contributed by atoms with Gasteiger partial charge in [0.2, 0.25) is 15.0 Å². The Morgan fingerprint density at radius 1 is 1.04 bits per heavy atom. The summed E-state index contributed by atoms with van der Waals surface area (Å²) >= 11 is 5.76. The molecule has 1 aliphatic heterocycles. The lowest BCUT2D eigenvalue weighted by atomic mass is 10.2. The van der Waals surface area contributed by atoms with Gasteiger partial charge in [-0.15, -0.1) is 4.40 Å². The number of nitrogens with zero attached hydrogens (tertiary/aromatic N) is 2. The highest BCUT2D eigenvalue weighted by molar-refractivity contribution is 8.07. The number of rotatable bonds is 4. The quantitative estimate of drug-likeness (QED) is 0.789. The molecule has 0 radical (unpaired) electrons. The minimum absolute atomic E-state index is 0.105. The summed E-state index contributed by atoms with van der Waals surface area (Å²) in [6, 6.07) is 14.6. The zero-order chi connectivity index (χ0) is 18.1. The molecule has 0 aliphatic carbocycles. The van der Waals surface area contributed by atoms with E-state index in [9.17, 15) is 16.8 Å². The van der Waals surface area contributed by atoms with Crippen LogP contribution in [0.2, 0.25) is 5.02 Å². The van der Waals surface area contributed by atoms with Gasteiger partial charge in [0.1, 0.15) is 0 Å². The smallest absolute Gasteiger partial charge is 0.284 e. The van der Waals surface area contributed by atoms with Gasteiger partial charge in [-0.05, 0) is 29.8 Å². The van der Waals surface area contributed by atoms with Crippen LogP contribution < -0.4 is 0 Å². The van der Waals surface area contributed by atoms with E-state index in [4.69, 9.17) is 11.6 Å². The van der Waals surface area contributed by atoms with Gasteiger partial charge in [-0.25, -0.2) is 8.42 Å². The first kappa shape index (κ1) is 17.9. The second-order valence-corrected chi connectivity index (χ2v) is 9.57. The molecule has 0 amide bonds. The molecule has 1 aliphatic rings. The molecular formula is C16H15ClN2O4S2. The lowest BCUT2D eigenvalue weighted by Gasteiger charge is -2.17. The zero-order valence-electron chi connectivity index (χ0n) is 13.0. The summed E-state index contributed by atoms with van der Waals surface area (Å²) in [5.41, 5.74) is 0.871. The number of halogens is 1. The first-order valence-corrected chi connectivity index (χ1v) is 10.9. The number of hydrogen-bond acceptors (Lipinski definition) is 4. The maximum Gasteiger partial charge on any atom is 0.284 e. The molecule has 2 aromatic carbocycles. The fraction of sp³-hybridized carbons (Fsp3) is 0.188. The van der Waals surface area contributed by atoms with Gasteiger partial charge in [-0.2, -0.15) is 8.42 Å². The van der Waals surface area contributed by atoms with E-state index in [0.717, 1.165) is 5.56 Å². The van der Waals surface area contributed by atoms with Crippen LogP contribution in [-0.4, -0.2) is 39.2 Å². The highest BCUT2D eigenvalue weighted by Gasteiger charge is 2.35. The molecule has 0 saturated carbocycles. The fourth-order valence-corrected chi connectivity index (χ4v) is 5.41. The second-order valence-electron chi connectivity index (χ2n) is 5.53. The van der Waals surface area contributed by atoms with Crippen molar-refractivity contribution in [2.24, 2.45) is 4.40 Å². The Balaban J connectivity index is 1.98. The molecule has 2 aromatic rings. The Bertz CT molecular complexity index is 1000. The summed E-state index contributed by atoms with van der Waals surface area (Å²) in [5, 5.41) is -0.0305. The highest BCUT2D eigenvalue weighted by Crippen LogP contribution is 2.21. The van der Waals surface area contributed by atoms with Crippen LogP contribution in [0, 0.1) is 0 Å². The zero-order valence-corrected chi connectivity index (χ0v) is 15.4. The molecular weight excluding hydrogens is 384 g/mol. The average Bonchev–Trinajstić information content (AvgIpc) is 2.84. The Hall–Kier alpha value is -1.90. The molecule has 1 saturated heterocycles. The number of sulfone groups is 1. The summed E-state index contributed by atoms with van der Waals surface area (Å²) in [7, 11) is -7.88. The molecule has 0 N–H and O–H groups in total. The van der Waals surface area contributed by atoms with Crippen molar-refractivity contribution in [2.45, 2.75) is 11.4 Å². The Kier molecular flexibility index (Phi) is 4.86. The van der Waals surface area contributed by atoms with E-state index >= 15 is 0 Å². The molecule has 1 fully saturated rings. The molecule has 132 valence electrons. The number of sulfonamides is 1. The maximum absolute atomic E-state index is 12.5. The third-order valence-electron chi connectivity index (χ3n) is 3.70. The van der Waals surface area contributed by atoms with Gasteiger partial charge < -0.3 is 4.90 Å². The van der Waals surface area contributed by atoms with Crippen LogP contribution in [0.4, 0.5) is 0 Å². The van der Waals surface area contributed by atoms with Crippen LogP contribution >= 0.6 is 11.6 Å². The predicted molar refractivity (Wildman–Crippen MR) is 96.7 cm³/mol. The number of benzene rings is 2. The van der Waals surface area contributed by atoms with E-state index in [1.54, 1.807) is 0 Å². The number of amidine groups is 1. The monoisotopic (exact) mass is 398 g/mol. The molecule has 9 heteroatoms. The Morgan fingerprint density at radius 3 is 2.32 bits per heavy atom. The SMILES string of the molecule is O=S1(=O)CCN(Cc2ccccc2)/C1=N\S(=O)(=O)c1ccc(Cl)cc1. The van der Waals surface area contributed by atoms with Crippen molar-refractivity contribution in [1.29, 1.82) is 0 Å². The van der Waals surface area contributed by atoms with Gasteiger partial charge in [-0.3, -0.25) is 0 Å². The van der Waals surface area contributed by atoms with Gasteiger partial charge in [0.25, 0.3) is 10.0 Å². The molecule has 1 heterocycles. The van der Waals surface area contributed by atoms with Crippen LogP contribution in [-0.2, 0) is 26.4 Å². The van der Waals surface area contributed by atoms with Crippen LogP contribution in [0.1, 0.15) is 5.56 Å². The van der Waals surface area contributed by atoms with Crippen LogP contribution in [0.15, 0.2) is 63.9 Å². The molecule has 0 bridgehead atoms. The highest BCUT2D eigenvalue weighted by atomic mass is 35.5. The lowest BCUT2D eigenvalue weighted by molar-refractivity contribution is 0.457. The van der Waals surface area contributed by atoms with Gasteiger partial charge in [0, 0.05) is 18.1 Å². The van der Waals surface area contributed by atoms with Crippen molar-refractivity contribution in [3.8, 4) is 0 Å². The predicted octanol–water partition coefficient (Wildman–Crippen LogP) is 2.32. The largest absolute Gasteiger partial charge is 0.341 e. The van der Waals surface area contributed by atoms with Crippen molar-refractivity contribution in [3.63, 3.8) is 0 Å². The molecule has 0 spiro atoms. The summed E-state index contributed by atoms with van der Waals surface area (Å²) in [6.45, 7) is 0.473. The van der Waals surface area contributed by atoms with Gasteiger partial charge in [0.15, 0.2) is 0 Å². The third-order valence-corrected chi connectivity index (χ3v) is 6.98. The van der Waals surface area contributed by atoms with E-state index in [-0.39, 0.29) is 23.7 Å². The van der Waals surface area contributed by atoms with E-state index in [1.165, 1.54) is 29.2 Å². The number of hydrogen-bond donors (Lipinski definition) is 0. The third kappa shape index (κ3) is 4.02. The van der Waals surface area contributed by atoms with Crippen LogP contribution in [0.3, 0.4) is 0 Å². The minimum Gasteiger partial charge on any atom is -0.341 e. The maximum atomic E-state index is 12.5. The summed E-state index contributed by atoms with van der Waals surface area (Å²) in [6.07, 6.45) is 0. The van der Waals surface area contributed by atoms with Gasteiger partial charge >= 0.3 is 0 Å². The lowest BCUT2D eigenvalue weighted by Crippen LogP contribution is -2.28. The van der Waals surface area contributed by atoms with Crippen molar-refractivity contribution in [3.05, 3.63) is 65.2 Å². The molecule has 0 unspecified atom stereocenters. The van der Waals surface area contributed by atoms with Gasteiger partial charge in [-0.1, -0.05) is 41.9 Å². The summed E-state index contributed by atoms with van der Waals surface area (Å²) in [4.78, 5) is 1.36. The first-order valence-electron chi connectivity index (χ1n) is 7.40. The fourth-order valence-electron chi connectivity index (χ4n) is 2.44. The van der Waals surface area contributed by atoms with Crippen molar-refractivity contribution >= 4 is 36.6 Å². The second kappa shape index (κ2) is 6.78. The Labute approximate surface area is 151 Å². The Morgan fingerprint density at radius 2 is 1.68 bits per heavy atom. The van der Waals surface area contributed by atoms with Crippen molar-refractivity contribution < 1.29 is 16.8 Å².